The van der Waals surface area contributed by atoms with Crippen molar-refractivity contribution >= 4 is 29.0 Å². The van der Waals surface area contributed by atoms with E-state index < -0.39 is 0 Å². The Labute approximate surface area is 114 Å². The zero-order valence-electron chi connectivity index (χ0n) is 9.61. The first-order chi connectivity index (χ1) is 8.58. The van der Waals surface area contributed by atoms with Gasteiger partial charge in [0.1, 0.15) is 5.78 Å². The lowest BCUT2D eigenvalue weighted by molar-refractivity contribution is -0.118. The minimum atomic E-state index is 0.0503. The summed E-state index contributed by atoms with van der Waals surface area (Å²) >= 11 is 11.8. The molecule has 0 N–H and O–H groups in total. The Kier molecular flexibility index (Phi) is 3.99. The van der Waals surface area contributed by atoms with Crippen LogP contribution in [0.1, 0.15) is 19.2 Å². The molecule has 4 nitrogen and oxygen atoms in total. The van der Waals surface area contributed by atoms with Crippen molar-refractivity contribution in [2.45, 2.75) is 19.8 Å². The second kappa shape index (κ2) is 5.50. The van der Waals surface area contributed by atoms with Crippen LogP contribution in [0.15, 0.2) is 22.7 Å². The number of rotatable bonds is 4. The second-order valence-electron chi connectivity index (χ2n) is 3.74. The quantitative estimate of drug-likeness (QED) is 0.861. The van der Waals surface area contributed by atoms with Crippen LogP contribution in [0.3, 0.4) is 0 Å². The van der Waals surface area contributed by atoms with Crippen molar-refractivity contribution in [3.8, 4) is 11.4 Å². The summed E-state index contributed by atoms with van der Waals surface area (Å²) in [4.78, 5) is 15.4. The molecule has 1 aromatic carbocycles. The first kappa shape index (κ1) is 13.1. The minimum absolute atomic E-state index is 0.0503. The lowest BCUT2D eigenvalue weighted by Gasteiger charge is -1.97. The van der Waals surface area contributed by atoms with Gasteiger partial charge in [-0.25, -0.2) is 0 Å². The van der Waals surface area contributed by atoms with Crippen molar-refractivity contribution in [1.29, 1.82) is 0 Å². The molecule has 94 valence electrons. The largest absolute Gasteiger partial charge is 0.339 e. The Balaban J connectivity index is 2.26. The molecule has 0 amide bonds. The fraction of sp³-hybridized carbons (Fsp3) is 0.250. The highest BCUT2D eigenvalue weighted by Crippen LogP contribution is 2.25. The van der Waals surface area contributed by atoms with Crippen LogP contribution in [0, 0.1) is 0 Å². The summed E-state index contributed by atoms with van der Waals surface area (Å²) in [7, 11) is 0. The summed E-state index contributed by atoms with van der Waals surface area (Å²) in [5, 5.41) is 4.79. The summed E-state index contributed by atoms with van der Waals surface area (Å²) < 4.78 is 5.00. The Hall–Kier alpha value is -1.39. The van der Waals surface area contributed by atoms with Crippen molar-refractivity contribution in [3.63, 3.8) is 0 Å². The number of ketones is 1. The van der Waals surface area contributed by atoms with Gasteiger partial charge in [0.05, 0.1) is 6.42 Å². The molecule has 0 saturated heterocycles. The van der Waals surface area contributed by atoms with Gasteiger partial charge in [0.2, 0.25) is 11.7 Å². The summed E-state index contributed by atoms with van der Waals surface area (Å²) in [6.45, 7) is 1.79. The SMILES string of the molecule is CCC(=O)Cc1nc(-c2cc(Cl)cc(Cl)c2)no1. The lowest BCUT2D eigenvalue weighted by Crippen LogP contribution is -2.00. The van der Waals surface area contributed by atoms with Gasteiger partial charge in [-0.05, 0) is 18.2 Å². The van der Waals surface area contributed by atoms with Crippen molar-refractivity contribution in [3.05, 3.63) is 34.1 Å². The molecule has 0 aliphatic heterocycles. The van der Waals surface area contributed by atoms with Gasteiger partial charge < -0.3 is 4.52 Å². The highest BCUT2D eigenvalue weighted by atomic mass is 35.5. The van der Waals surface area contributed by atoms with E-state index in [0.717, 1.165) is 0 Å². The van der Waals surface area contributed by atoms with Gasteiger partial charge in [0.15, 0.2) is 0 Å². The maximum atomic E-state index is 11.3. The molecule has 1 aromatic heterocycles. The van der Waals surface area contributed by atoms with Crippen molar-refractivity contribution < 1.29 is 9.32 Å². The fourth-order valence-corrected chi connectivity index (χ4v) is 1.95. The third-order valence-corrected chi connectivity index (χ3v) is 2.77. The molecule has 0 saturated carbocycles. The summed E-state index contributed by atoms with van der Waals surface area (Å²) in [6.07, 6.45) is 0.596. The molecule has 2 rings (SSSR count). The topological polar surface area (TPSA) is 56.0 Å². The van der Waals surface area contributed by atoms with Gasteiger partial charge in [-0.3, -0.25) is 4.79 Å². The standard InChI is InChI=1S/C12H10Cl2N2O2/c1-2-10(17)6-11-15-12(16-18-11)7-3-8(13)5-9(14)4-7/h3-5H,2,6H2,1H3. The average Bonchev–Trinajstić information content (AvgIpc) is 2.76. The molecule has 0 aliphatic carbocycles. The molecular weight excluding hydrogens is 275 g/mol. The summed E-state index contributed by atoms with van der Waals surface area (Å²) in [6, 6.07) is 4.99. The van der Waals surface area contributed by atoms with Crippen LogP contribution >= 0.6 is 23.2 Å². The zero-order chi connectivity index (χ0) is 13.1. The van der Waals surface area contributed by atoms with E-state index in [1.807, 2.05) is 0 Å². The number of hydrogen-bond donors (Lipinski definition) is 0. The third-order valence-electron chi connectivity index (χ3n) is 2.33. The summed E-state index contributed by atoms with van der Waals surface area (Å²) in [5.74, 6) is 0.723. The van der Waals surface area contributed by atoms with E-state index in [1.54, 1.807) is 25.1 Å². The number of aromatic nitrogens is 2. The Morgan fingerprint density at radius 1 is 1.28 bits per heavy atom. The molecule has 0 spiro atoms. The van der Waals surface area contributed by atoms with Crippen LogP contribution < -0.4 is 0 Å². The van der Waals surface area contributed by atoms with E-state index in [0.29, 0.717) is 33.7 Å². The van der Waals surface area contributed by atoms with Gasteiger partial charge in [-0.1, -0.05) is 35.3 Å². The first-order valence-electron chi connectivity index (χ1n) is 5.39. The zero-order valence-corrected chi connectivity index (χ0v) is 11.1. The predicted molar refractivity (Wildman–Crippen MR) is 68.8 cm³/mol. The molecule has 0 atom stereocenters. The Morgan fingerprint density at radius 2 is 1.94 bits per heavy atom. The molecule has 18 heavy (non-hydrogen) atoms. The average molecular weight is 285 g/mol. The number of carbonyl (C=O) groups excluding carboxylic acids is 1. The van der Waals surface area contributed by atoms with Crippen LogP contribution in [-0.2, 0) is 11.2 Å². The number of nitrogens with zero attached hydrogens (tertiary/aromatic N) is 2. The number of Topliss-reactive ketones (excluding diaryl/α,β-unsaturated/α-hetero) is 1. The maximum Gasteiger partial charge on any atom is 0.234 e. The second-order valence-corrected chi connectivity index (χ2v) is 4.61. The van der Waals surface area contributed by atoms with Gasteiger partial charge in [0.25, 0.3) is 0 Å². The normalized spacial score (nSPS) is 10.6. The molecule has 0 fully saturated rings. The van der Waals surface area contributed by atoms with Crippen LogP contribution in [0.25, 0.3) is 11.4 Å². The van der Waals surface area contributed by atoms with E-state index in [-0.39, 0.29) is 12.2 Å². The molecule has 1 heterocycles. The molecule has 0 aliphatic rings. The number of benzene rings is 1. The molecule has 0 radical (unpaired) electrons. The van der Waals surface area contributed by atoms with Crippen molar-refractivity contribution in [2.75, 3.05) is 0 Å². The molecule has 0 unspecified atom stereocenters. The molecule has 2 aromatic rings. The Bertz CT molecular complexity index is 561. The smallest absolute Gasteiger partial charge is 0.234 e. The van der Waals surface area contributed by atoms with E-state index in [2.05, 4.69) is 10.1 Å². The fourth-order valence-electron chi connectivity index (χ4n) is 1.42. The monoisotopic (exact) mass is 284 g/mol. The van der Waals surface area contributed by atoms with Crippen LogP contribution in [-0.4, -0.2) is 15.9 Å². The minimum Gasteiger partial charge on any atom is -0.339 e. The first-order valence-corrected chi connectivity index (χ1v) is 6.15. The highest BCUT2D eigenvalue weighted by Gasteiger charge is 2.12. The number of hydrogen-bond acceptors (Lipinski definition) is 4. The van der Waals surface area contributed by atoms with Gasteiger partial charge in [-0.15, -0.1) is 0 Å². The van der Waals surface area contributed by atoms with Crippen LogP contribution in [0.2, 0.25) is 10.0 Å². The lowest BCUT2D eigenvalue weighted by atomic mass is 10.2. The van der Waals surface area contributed by atoms with E-state index in [1.165, 1.54) is 0 Å². The highest BCUT2D eigenvalue weighted by molar-refractivity contribution is 6.35. The third kappa shape index (κ3) is 3.09. The molecule has 0 bridgehead atoms. The predicted octanol–water partition coefficient (Wildman–Crippen LogP) is 3.57. The van der Waals surface area contributed by atoms with E-state index in [4.69, 9.17) is 27.7 Å². The molecule has 6 heteroatoms. The molecular formula is C12H10Cl2N2O2. The Morgan fingerprint density at radius 3 is 2.56 bits per heavy atom. The van der Waals surface area contributed by atoms with Crippen molar-refractivity contribution in [1.82, 2.24) is 10.1 Å². The van der Waals surface area contributed by atoms with Gasteiger partial charge in [0, 0.05) is 22.0 Å². The van der Waals surface area contributed by atoms with E-state index in [9.17, 15) is 4.79 Å². The summed E-state index contributed by atoms with van der Waals surface area (Å²) in [5.41, 5.74) is 0.659. The van der Waals surface area contributed by atoms with Crippen LogP contribution in [0.5, 0.6) is 0 Å². The number of halogens is 2. The van der Waals surface area contributed by atoms with Gasteiger partial charge in [-0.2, -0.15) is 4.98 Å². The van der Waals surface area contributed by atoms with Gasteiger partial charge >= 0.3 is 0 Å². The maximum absolute atomic E-state index is 11.3. The number of carbonyl (C=O) groups is 1. The van der Waals surface area contributed by atoms with Crippen molar-refractivity contribution in [2.24, 2.45) is 0 Å². The van der Waals surface area contributed by atoms with Crippen LogP contribution in [0.4, 0.5) is 0 Å². The van der Waals surface area contributed by atoms with E-state index >= 15 is 0 Å².